The highest BCUT2D eigenvalue weighted by Crippen LogP contribution is 2.40. The van der Waals surface area contributed by atoms with Crippen molar-refractivity contribution in [2.45, 2.75) is 50.0 Å². The number of methoxy groups -OCH3 is 1. The van der Waals surface area contributed by atoms with Crippen molar-refractivity contribution in [3.05, 3.63) is 102 Å². The van der Waals surface area contributed by atoms with Crippen molar-refractivity contribution in [3.8, 4) is 5.75 Å². The molecule has 4 N–H and O–H groups in total. The van der Waals surface area contributed by atoms with Crippen LogP contribution in [0.15, 0.2) is 84.9 Å². The standard InChI is InChI=1S/C31H37N3O5/c1-38-27-15-9-8-14-26(27)29(36)34-22-31(24-12-6-3-7-13-24)18-16-25(17-19-31)39-30(37)33-21-28(35)32-20-23-10-4-2-5-11-23/h2-15,25,29,34,36H,16-22H2,1H3,(H,32,35)(H,33,37). The van der Waals surface area contributed by atoms with E-state index in [1.165, 1.54) is 5.56 Å². The zero-order valence-electron chi connectivity index (χ0n) is 22.3. The number of amides is 2. The van der Waals surface area contributed by atoms with E-state index >= 15 is 0 Å². The van der Waals surface area contributed by atoms with Crippen LogP contribution in [0.2, 0.25) is 0 Å². The molecule has 1 fully saturated rings. The monoisotopic (exact) mass is 531 g/mol. The molecule has 3 aromatic carbocycles. The number of aliphatic hydroxyl groups excluding tert-OH is 1. The van der Waals surface area contributed by atoms with Crippen LogP contribution in [-0.4, -0.2) is 43.4 Å². The van der Waals surface area contributed by atoms with Crippen molar-refractivity contribution < 1.29 is 24.2 Å². The number of nitrogens with one attached hydrogen (secondary N) is 3. The Morgan fingerprint density at radius 2 is 1.56 bits per heavy atom. The quantitative estimate of drug-likeness (QED) is 0.276. The Bertz CT molecular complexity index is 1200. The average Bonchev–Trinajstić information content (AvgIpc) is 2.99. The van der Waals surface area contributed by atoms with Gasteiger partial charge in [-0.25, -0.2) is 4.79 Å². The molecule has 0 bridgehead atoms. The summed E-state index contributed by atoms with van der Waals surface area (Å²) in [4.78, 5) is 24.5. The molecule has 0 saturated heterocycles. The Labute approximate surface area is 229 Å². The van der Waals surface area contributed by atoms with Gasteiger partial charge in [0.1, 0.15) is 24.6 Å². The van der Waals surface area contributed by atoms with E-state index in [0.29, 0.717) is 37.2 Å². The van der Waals surface area contributed by atoms with Gasteiger partial charge in [-0.3, -0.25) is 10.1 Å². The van der Waals surface area contributed by atoms with Gasteiger partial charge in [0.25, 0.3) is 0 Å². The van der Waals surface area contributed by atoms with Crippen molar-refractivity contribution in [1.29, 1.82) is 0 Å². The van der Waals surface area contributed by atoms with Gasteiger partial charge < -0.3 is 25.2 Å². The van der Waals surface area contributed by atoms with E-state index < -0.39 is 12.3 Å². The lowest BCUT2D eigenvalue weighted by molar-refractivity contribution is -0.120. The fourth-order valence-corrected chi connectivity index (χ4v) is 5.12. The maximum absolute atomic E-state index is 12.4. The number of aliphatic hydroxyl groups is 1. The van der Waals surface area contributed by atoms with Gasteiger partial charge in [-0.2, -0.15) is 0 Å². The van der Waals surface area contributed by atoms with E-state index in [4.69, 9.17) is 9.47 Å². The smallest absolute Gasteiger partial charge is 0.407 e. The molecule has 0 heterocycles. The fraction of sp³-hybridized carbons (Fsp3) is 0.355. The molecule has 8 nitrogen and oxygen atoms in total. The molecule has 1 atom stereocenters. The molecule has 3 aromatic rings. The molecule has 1 aliphatic carbocycles. The SMILES string of the molecule is COc1ccccc1C(O)NCC1(c2ccccc2)CCC(OC(=O)NCC(=O)NCc2ccccc2)CC1. The van der Waals surface area contributed by atoms with E-state index in [-0.39, 0.29) is 24.0 Å². The van der Waals surface area contributed by atoms with Crippen LogP contribution in [0.5, 0.6) is 5.75 Å². The third kappa shape index (κ3) is 7.81. The summed E-state index contributed by atoms with van der Waals surface area (Å²) < 4.78 is 11.1. The molecule has 1 unspecified atom stereocenters. The first-order chi connectivity index (χ1) is 19.0. The van der Waals surface area contributed by atoms with Crippen LogP contribution in [0.4, 0.5) is 4.79 Å². The molecule has 39 heavy (non-hydrogen) atoms. The van der Waals surface area contributed by atoms with Gasteiger partial charge in [0.2, 0.25) is 5.91 Å². The number of ether oxygens (including phenoxy) is 2. The van der Waals surface area contributed by atoms with Gasteiger partial charge >= 0.3 is 6.09 Å². The number of hydrogen-bond acceptors (Lipinski definition) is 6. The van der Waals surface area contributed by atoms with Crippen LogP contribution in [0, 0.1) is 0 Å². The third-order valence-electron chi connectivity index (χ3n) is 7.34. The summed E-state index contributed by atoms with van der Waals surface area (Å²) in [5, 5.41) is 19.5. The van der Waals surface area contributed by atoms with Crippen LogP contribution in [0.1, 0.15) is 48.6 Å². The first kappa shape index (κ1) is 28.1. The predicted molar refractivity (Wildman–Crippen MR) is 149 cm³/mol. The van der Waals surface area contributed by atoms with E-state index in [2.05, 4.69) is 28.1 Å². The highest BCUT2D eigenvalue weighted by molar-refractivity contribution is 5.82. The second-order valence-corrected chi connectivity index (χ2v) is 9.89. The Balaban J connectivity index is 1.28. The van der Waals surface area contributed by atoms with Gasteiger partial charge in [-0.1, -0.05) is 78.9 Å². The van der Waals surface area contributed by atoms with E-state index in [0.717, 1.165) is 18.4 Å². The second kappa shape index (κ2) is 13.8. The molecule has 1 saturated carbocycles. The highest BCUT2D eigenvalue weighted by Gasteiger charge is 2.38. The maximum Gasteiger partial charge on any atom is 0.407 e. The fourth-order valence-electron chi connectivity index (χ4n) is 5.12. The average molecular weight is 532 g/mol. The minimum absolute atomic E-state index is 0.142. The first-order valence-electron chi connectivity index (χ1n) is 13.3. The topological polar surface area (TPSA) is 109 Å². The van der Waals surface area contributed by atoms with Gasteiger partial charge in [-0.05, 0) is 42.9 Å². The Morgan fingerprint density at radius 3 is 2.26 bits per heavy atom. The Kier molecular flexibility index (Phi) is 9.94. The highest BCUT2D eigenvalue weighted by atomic mass is 16.6. The zero-order valence-corrected chi connectivity index (χ0v) is 22.3. The van der Waals surface area contributed by atoms with Crippen LogP contribution in [0.25, 0.3) is 0 Å². The number of carbonyl (C=O) groups is 2. The summed E-state index contributed by atoms with van der Waals surface area (Å²) in [6, 6.07) is 27.3. The van der Waals surface area contributed by atoms with E-state index in [1.807, 2.05) is 72.8 Å². The Hall–Kier alpha value is -3.88. The molecule has 0 spiro atoms. The van der Waals surface area contributed by atoms with Crippen LogP contribution >= 0.6 is 0 Å². The normalized spacial score (nSPS) is 19.5. The summed E-state index contributed by atoms with van der Waals surface area (Å²) in [5.74, 6) is 0.352. The van der Waals surface area contributed by atoms with Crippen molar-refractivity contribution in [2.24, 2.45) is 0 Å². The second-order valence-electron chi connectivity index (χ2n) is 9.89. The number of para-hydroxylation sites is 1. The molecule has 0 aliphatic heterocycles. The molecular weight excluding hydrogens is 494 g/mol. The number of rotatable bonds is 11. The molecule has 8 heteroatoms. The van der Waals surface area contributed by atoms with Gasteiger partial charge in [-0.15, -0.1) is 0 Å². The Morgan fingerprint density at radius 1 is 0.923 bits per heavy atom. The van der Waals surface area contributed by atoms with Crippen LogP contribution < -0.4 is 20.7 Å². The lowest BCUT2D eigenvalue weighted by Gasteiger charge is -2.41. The van der Waals surface area contributed by atoms with Crippen molar-refractivity contribution in [3.63, 3.8) is 0 Å². The van der Waals surface area contributed by atoms with E-state index in [9.17, 15) is 14.7 Å². The summed E-state index contributed by atoms with van der Waals surface area (Å²) in [6.45, 7) is 0.814. The third-order valence-corrected chi connectivity index (χ3v) is 7.34. The lowest BCUT2D eigenvalue weighted by Crippen LogP contribution is -2.45. The first-order valence-corrected chi connectivity index (χ1v) is 13.3. The summed E-state index contributed by atoms with van der Waals surface area (Å²) >= 11 is 0. The van der Waals surface area contributed by atoms with Crippen LogP contribution in [-0.2, 0) is 21.5 Å². The van der Waals surface area contributed by atoms with Crippen LogP contribution in [0.3, 0.4) is 0 Å². The zero-order chi connectivity index (χ0) is 27.5. The molecule has 0 radical (unpaired) electrons. The van der Waals surface area contributed by atoms with Crippen molar-refractivity contribution in [1.82, 2.24) is 16.0 Å². The summed E-state index contributed by atoms with van der Waals surface area (Å²) in [7, 11) is 1.59. The molecule has 2 amide bonds. The number of hydrogen-bond donors (Lipinski definition) is 4. The number of carbonyl (C=O) groups excluding carboxylic acids is 2. The summed E-state index contributed by atoms with van der Waals surface area (Å²) in [6.07, 6.45) is 1.19. The van der Waals surface area contributed by atoms with Gasteiger partial charge in [0.15, 0.2) is 0 Å². The predicted octanol–water partition coefficient (Wildman–Crippen LogP) is 4.20. The minimum Gasteiger partial charge on any atom is -0.496 e. The molecule has 1 aliphatic rings. The van der Waals surface area contributed by atoms with Gasteiger partial charge in [0, 0.05) is 24.1 Å². The molecular formula is C31H37N3O5. The summed E-state index contributed by atoms with van der Waals surface area (Å²) in [5.41, 5.74) is 2.63. The maximum atomic E-state index is 12.4. The minimum atomic E-state index is -0.880. The van der Waals surface area contributed by atoms with Crippen molar-refractivity contribution in [2.75, 3.05) is 20.2 Å². The largest absolute Gasteiger partial charge is 0.496 e. The molecule has 4 rings (SSSR count). The number of benzene rings is 3. The molecule has 0 aromatic heterocycles. The van der Waals surface area contributed by atoms with E-state index in [1.54, 1.807) is 7.11 Å². The number of alkyl carbamates (subject to hydrolysis) is 1. The molecule has 206 valence electrons. The lowest BCUT2D eigenvalue weighted by atomic mass is 9.68. The van der Waals surface area contributed by atoms with Crippen molar-refractivity contribution >= 4 is 12.0 Å². The van der Waals surface area contributed by atoms with Gasteiger partial charge in [0.05, 0.1) is 7.11 Å².